The van der Waals surface area contributed by atoms with Crippen LogP contribution >= 0.6 is 27.5 Å². The van der Waals surface area contributed by atoms with Gasteiger partial charge in [0.05, 0.1) is 16.1 Å². The lowest BCUT2D eigenvalue weighted by Crippen LogP contribution is -2.28. The molecule has 0 fully saturated rings. The zero-order valence-corrected chi connectivity index (χ0v) is 9.07. The third kappa shape index (κ3) is 1.38. The van der Waals surface area contributed by atoms with E-state index >= 15 is 0 Å². The van der Waals surface area contributed by atoms with Crippen LogP contribution in [0.1, 0.15) is 0 Å². The van der Waals surface area contributed by atoms with Gasteiger partial charge >= 0.3 is 11.1 Å². The third-order valence-corrected chi connectivity index (χ3v) is 3.07. The van der Waals surface area contributed by atoms with Crippen LogP contribution in [0.3, 0.4) is 0 Å². The maximum Gasteiger partial charge on any atom is 0.314 e. The van der Waals surface area contributed by atoms with E-state index in [0.717, 1.165) is 0 Å². The Morgan fingerprint density at radius 1 is 1.14 bits per heavy atom. The van der Waals surface area contributed by atoms with Crippen LogP contribution < -0.4 is 11.1 Å². The normalized spacial score (nSPS) is 10.7. The van der Waals surface area contributed by atoms with Gasteiger partial charge < -0.3 is 9.97 Å². The molecule has 0 amide bonds. The van der Waals surface area contributed by atoms with Crippen molar-refractivity contribution in [2.75, 3.05) is 0 Å². The van der Waals surface area contributed by atoms with Crippen LogP contribution in [0.5, 0.6) is 0 Å². The van der Waals surface area contributed by atoms with Crippen molar-refractivity contribution in [3.63, 3.8) is 0 Å². The van der Waals surface area contributed by atoms with Gasteiger partial charge in [0.15, 0.2) is 0 Å². The molecule has 0 radical (unpaired) electrons. The molecular formula is C8H4BrClN2O2. The molecule has 0 atom stereocenters. The third-order valence-electron chi connectivity index (χ3n) is 1.79. The van der Waals surface area contributed by atoms with E-state index in [-0.39, 0.29) is 0 Å². The minimum absolute atomic E-state index is 0.371. The summed E-state index contributed by atoms with van der Waals surface area (Å²) < 4.78 is 0.661. The van der Waals surface area contributed by atoms with Crippen molar-refractivity contribution in [2.24, 2.45) is 0 Å². The summed E-state index contributed by atoms with van der Waals surface area (Å²) >= 11 is 9.12. The molecule has 0 spiro atoms. The highest BCUT2D eigenvalue weighted by atomic mass is 79.9. The average Bonchev–Trinajstić information content (AvgIpc) is 2.15. The Labute approximate surface area is 91.0 Å². The molecule has 2 aromatic rings. The first-order valence-electron chi connectivity index (χ1n) is 3.70. The molecule has 0 bridgehead atoms. The van der Waals surface area contributed by atoms with Crippen LogP contribution in [0.2, 0.25) is 5.02 Å². The summed E-state index contributed by atoms with van der Waals surface area (Å²) in [6.07, 6.45) is 0. The number of aromatic amines is 2. The smallest absolute Gasteiger partial charge is 0.314 e. The van der Waals surface area contributed by atoms with Crippen LogP contribution in [0, 0.1) is 0 Å². The minimum atomic E-state index is -0.711. The van der Waals surface area contributed by atoms with Gasteiger partial charge in [0.1, 0.15) is 0 Å². The van der Waals surface area contributed by atoms with Crippen LogP contribution in [0.4, 0.5) is 0 Å². The number of benzene rings is 1. The highest BCUT2D eigenvalue weighted by Gasteiger charge is 2.05. The summed E-state index contributed by atoms with van der Waals surface area (Å²) in [6, 6.07) is 3.35. The van der Waals surface area contributed by atoms with E-state index in [1.807, 2.05) is 0 Å². The zero-order valence-electron chi connectivity index (χ0n) is 6.73. The quantitative estimate of drug-likeness (QED) is 0.718. The largest absolute Gasteiger partial charge is 0.316 e. The van der Waals surface area contributed by atoms with Gasteiger partial charge in [-0.2, -0.15) is 0 Å². The molecule has 0 aliphatic heterocycles. The lowest BCUT2D eigenvalue weighted by Gasteiger charge is -2.00. The van der Waals surface area contributed by atoms with Gasteiger partial charge in [0.2, 0.25) is 0 Å². The summed E-state index contributed by atoms with van der Waals surface area (Å²) in [5.41, 5.74) is -0.471. The standard InChI is InChI=1S/C8H4BrClN2O2/c9-3-1-2-4-6(5(3)10)12-8(14)7(13)11-4/h1-2H,(H,11,13)(H,12,14). The molecule has 2 N–H and O–H groups in total. The molecule has 2 rings (SSSR count). The van der Waals surface area contributed by atoms with Gasteiger partial charge in [-0.25, -0.2) is 0 Å². The topological polar surface area (TPSA) is 65.7 Å². The number of aromatic nitrogens is 2. The van der Waals surface area contributed by atoms with Crippen LogP contribution in [0.25, 0.3) is 11.0 Å². The lowest BCUT2D eigenvalue weighted by molar-refractivity contribution is 1.15. The van der Waals surface area contributed by atoms with Crippen LogP contribution in [-0.4, -0.2) is 9.97 Å². The van der Waals surface area contributed by atoms with Crippen molar-refractivity contribution in [3.8, 4) is 0 Å². The van der Waals surface area contributed by atoms with E-state index in [2.05, 4.69) is 25.9 Å². The number of fused-ring (bicyclic) bond motifs is 1. The number of halogens is 2. The second kappa shape index (κ2) is 3.25. The minimum Gasteiger partial charge on any atom is -0.316 e. The summed E-state index contributed by atoms with van der Waals surface area (Å²) in [7, 11) is 0. The van der Waals surface area contributed by atoms with Crippen molar-refractivity contribution in [1.29, 1.82) is 0 Å². The van der Waals surface area contributed by atoms with Gasteiger partial charge in [0, 0.05) is 4.47 Å². The molecule has 0 saturated carbocycles. The van der Waals surface area contributed by atoms with Crippen molar-refractivity contribution >= 4 is 38.6 Å². The molecule has 0 aliphatic rings. The number of nitrogens with one attached hydrogen (secondary N) is 2. The predicted molar refractivity (Wildman–Crippen MR) is 57.9 cm³/mol. The Kier molecular flexibility index (Phi) is 2.20. The monoisotopic (exact) mass is 274 g/mol. The maximum atomic E-state index is 11.0. The van der Waals surface area contributed by atoms with E-state index < -0.39 is 11.1 Å². The van der Waals surface area contributed by atoms with E-state index in [1.165, 1.54) is 0 Å². The van der Waals surface area contributed by atoms with E-state index in [1.54, 1.807) is 12.1 Å². The Morgan fingerprint density at radius 3 is 2.50 bits per heavy atom. The second-order valence-electron chi connectivity index (χ2n) is 2.69. The maximum absolute atomic E-state index is 11.0. The molecule has 1 aromatic carbocycles. The summed E-state index contributed by atoms with van der Waals surface area (Å²) in [5, 5.41) is 0.371. The van der Waals surface area contributed by atoms with Crippen molar-refractivity contribution < 1.29 is 0 Å². The van der Waals surface area contributed by atoms with Gasteiger partial charge in [-0.05, 0) is 28.1 Å². The van der Waals surface area contributed by atoms with E-state index in [0.29, 0.717) is 20.5 Å². The van der Waals surface area contributed by atoms with E-state index in [4.69, 9.17) is 11.6 Å². The van der Waals surface area contributed by atoms with Crippen molar-refractivity contribution in [2.45, 2.75) is 0 Å². The number of hydrogen-bond acceptors (Lipinski definition) is 2. The molecule has 6 heteroatoms. The lowest BCUT2D eigenvalue weighted by atomic mass is 10.3. The second-order valence-corrected chi connectivity index (χ2v) is 3.92. The summed E-state index contributed by atoms with van der Waals surface area (Å²) in [5.74, 6) is 0. The Morgan fingerprint density at radius 2 is 1.79 bits per heavy atom. The molecule has 0 unspecified atom stereocenters. The van der Waals surface area contributed by atoms with Gasteiger partial charge in [0.25, 0.3) is 0 Å². The van der Waals surface area contributed by atoms with Gasteiger partial charge in [-0.15, -0.1) is 0 Å². The molecule has 1 heterocycles. The fourth-order valence-electron chi connectivity index (χ4n) is 1.13. The SMILES string of the molecule is O=c1[nH]c2ccc(Br)c(Cl)c2[nH]c1=O. The molecule has 1 aromatic heterocycles. The first-order valence-corrected chi connectivity index (χ1v) is 4.87. The zero-order chi connectivity index (χ0) is 10.3. The van der Waals surface area contributed by atoms with Crippen LogP contribution in [-0.2, 0) is 0 Å². The van der Waals surface area contributed by atoms with E-state index in [9.17, 15) is 9.59 Å². The van der Waals surface area contributed by atoms with Crippen molar-refractivity contribution in [1.82, 2.24) is 9.97 Å². The van der Waals surface area contributed by atoms with Crippen LogP contribution in [0.15, 0.2) is 26.2 Å². The fourth-order valence-corrected chi connectivity index (χ4v) is 1.67. The first-order chi connectivity index (χ1) is 6.59. The highest BCUT2D eigenvalue weighted by Crippen LogP contribution is 2.27. The molecule has 0 aliphatic carbocycles. The number of H-pyrrole nitrogens is 2. The molecule has 72 valence electrons. The number of rotatable bonds is 0. The Hall–Kier alpha value is -1.07. The molecule has 14 heavy (non-hydrogen) atoms. The Balaban J connectivity index is 3.04. The summed E-state index contributed by atoms with van der Waals surface area (Å²) in [6.45, 7) is 0. The first kappa shape index (κ1) is 9.48. The van der Waals surface area contributed by atoms with Crippen molar-refractivity contribution in [3.05, 3.63) is 42.3 Å². The highest BCUT2D eigenvalue weighted by molar-refractivity contribution is 9.10. The molecule has 0 saturated heterocycles. The summed E-state index contributed by atoms with van der Waals surface area (Å²) in [4.78, 5) is 26.8. The number of hydrogen-bond donors (Lipinski definition) is 2. The van der Waals surface area contributed by atoms with Gasteiger partial charge in [-0.1, -0.05) is 11.6 Å². The Bertz CT molecular complexity index is 617. The van der Waals surface area contributed by atoms with Gasteiger partial charge in [-0.3, -0.25) is 9.59 Å². The predicted octanol–water partition coefficient (Wildman–Crippen LogP) is 1.63. The molecular weight excluding hydrogens is 271 g/mol. The fraction of sp³-hybridized carbons (Fsp3) is 0. The average molecular weight is 275 g/mol. The molecule has 4 nitrogen and oxygen atoms in total.